The van der Waals surface area contributed by atoms with Gasteiger partial charge in [0.05, 0.1) is 16.7 Å². The first kappa shape index (κ1) is 13.0. The van der Waals surface area contributed by atoms with Gasteiger partial charge in [-0.25, -0.2) is 4.98 Å². The lowest BCUT2D eigenvalue weighted by Crippen LogP contribution is -1.98. The number of aromatic nitrogens is 1. The molecule has 19 heavy (non-hydrogen) atoms. The third kappa shape index (κ3) is 2.54. The minimum Gasteiger partial charge on any atom is -0.383 e. The predicted octanol–water partition coefficient (Wildman–Crippen LogP) is 3.16. The van der Waals surface area contributed by atoms with E-state index in [4.69, 9.17) is 5.73 Å². The first-order valence-electron chi connectivity index (χ1n) is 5.88. The summed E-state index contributed by atoms with van der Waals surface area (Å²) in [6.45, 7) is 5.98. The van der Waals surface area contributed by atoms with Crippen LogP contribution in [0.4, 0.5) is 11.5 Å². The molecule has 2 rings (SSSR count). The number of pyridine rings is 1. The van der Waals surface area contributed by atoms with Crippen LogP contribution >= 0.6 is 0 Å². The maximum absolute atomic E-state index is 10.9. The van der Waals surface area contributed by atoms with Crippen LogP contribution in [-0.4, -0.2) is 9.91 Å². The average Bonchev–Trinajstić information content (AvgIpc) is 2.33. The van der Waals surface area contributed by atoms with Gasteiger partial charge in [-0.15, -0.1) is 0 Å². The number of nitro groups is 1. The van der Waals surface area contributed by atoms with Crippen LogP contribution in [0.1, 0.15) is 16.7 Å². The summed E-state index contributed by atoms with van der Waals surface area (Å²) in [7, 11) is 0. The van der Waals surface area contributed by atoms with E-state index in [1.807, 2.05) is 32.9 Å². The second kappa shape index (κ2) is 4.68. The maximum atomic E-state index is 10.9. The number of hydrogen-bond acceptors (Lipinski definition) is 4. The molecule has 0 aliphatic carbocycles. The first-order chi connectivity index (χ1) is 8.88. The highest BCUT2D eigenvalue weighted by molar-refractivity contribution is 5.69. The molecule has 5 nitrogen and oxygen atoms in total. The van der Waals surface area contributed by atoms with E-state index in [0.29, 0.717) is 5.69 Å². The van der Waals surface area contributed by atoms with Crippen LogP contribution in [0.3, 0.4) is 0 Å². The summed E-state index contributed by atoms with van der Waals surface area (Å²) in [5.74, 6) is 0.154. The van der Waals surface area contributed by atoms with Crippen LogP contribution < -0.4 is 5.73 Å². The third-order valence-electron chi connectivity index (χ3n) is 3.16. The monoisotopic (exact) mass is 257 g/mol. The molecule has 5 heteroatoms. The second-order valence-electron chi connectivity index (χ2n) is 4.64. The van der Waals surface area contributed by atoms with Gasteiger partial charge in [0.15, 0.2) is 0 Å². The van der Waals surface area contributed by atoms with Gasteiger partial charge in [0.2, 0.25) is 0 Å². The van der Waals surface area contributed by atoms with Gasteiger partial charge in [0.25, 0.3) is 5.69 Å². The zero-order chi connectivity index (χ0) is 14.2. The van der Waals surface area contributed by atoms with Crippen molar-refractivity contribution in [2.75, 3.05) is 5.73 Å². The van der Waals surface area contributed by atoms with Gasteiger partial charge in [-0.2, -0.15) is 0 Å². The molecule has 0 saturated carbocycles. The van der Waals surface area contributed by atoms with Gasteiger partial charge in [-0.1, -0.05) is 6.07 Å². The van der Waals surface area contributed by atoms with Crippen LogP contribution in [0.5, 0.6) is 0 Å². The quantitative estimate of drug-likeness (QED) is 0.661. The Hall–Kier alpha value is -2.43. The molecule has 0 aliphatic rings. The molecule has 0 saturated heterocycles. The van der Waals surface area contributed by atoms with Crippen molar-refractivity contribution in [1.29, 1.82) is 0 Å². The van der Waals surface area contributed by atoms with Gasteiger partial charge in [-0.05, 0) is 43.5 Å². The van der Waals surface area contributed by atoms with Crippen LogP contribution in [0, 0.1) is 30.9 Å². The van der Waals surface area contributed by atoms with E-state index in [-0.39, 0.29) is 11.5 Å². The van der Waals surface area contributed by atoms with E-state index in [2.05, 4.69) is 4.98 Å². The van der Waals surface area contributed by atoms with E-state index < -0.39 is 4.92 Å². The lowest BCUT2D eigenvalue weighted by Gasteiger charge is -2.09. The molecule has 0 spiro atoms. The topological polar surface area (TPSA) is 82.0 Å². The molecule has 0 radical (unpaired) electrons. The molecule has 2 aromatic rings. The van der Waals surface area contributed by atoms with E-state index in [0.717, 1.165) is 16.7 Å². The van der Waals surface area contributed by atoms with Crippen molar-refractivity contribution in [3.63, 3.8) is 0 Å². The van der Waals surface area contributed by atoms with Crippen molar-refractivity contribution in [3.8, 4) is 11.3 Å². The molecular weight excluding hydrogens is 242 g/mol. The minimum absolute atomic E-state index is 0.0415. The fraction of sp³-hybridized carbons (Fsp3) is 0.214. The molecule has 98 valence electrons. The van der Waals surface area contributed by atoms with Crippen LogP contribution in [0.25, 0.3) is 11.3 Å². The van der Waals surface area contributed by atoms with Crippen molar-refractivity contribution in [2.45, 2.75) is 20.8 Å². The van der Waals surface area contributed by atoms with Crippen molar-refractivity contribution >= 4 is 11.5 Å². The van der Waals surface area contributed by atoms with E-state index in [9.17, 15) is 10.1 Å². The fourth-order valence-electron chi connectivity index (χ4n) is 2.02. The van der Waals surface area contributed by atoms with Crippen molar-refractivity contribution in [2.24, 2.45) is 0 Å². The maximum Gasteiger partial charge on any atom is 0.275 e. The normalized spacial score (nSPS) is 10.5. The van der Waals surface area contributed by atoms with Gasteiger partial charge in [-0.3, -0.25) is 10.1 Å². The van der Waals surface area contributed by atoms with Crippen LogP contribution in [-0.2, 0) is 0 Å². The summed E-state index contributed by atoms with van der Waals surface area (Å²) in [5.41, 5.74) is 10.3. The van der Waals surface area contributed by atoms with Crippen LogP contribution in [0.2, 0.25) is 0 Å². The number of benzene rings is 1. The van der Waals surface area contributed by atoms with Gasteiger partial charge < -0.3 is 5.73 Å². The van der Waals surface area contributed by atoms with Gasteiger partial charge >= 0.3 is 0 Å². The van der Waals surface area contributed by atoms with Crippen molar-refractivity contribution < 1.29 is 4.92 Å². The highest BCUT2D eigenvalue weighted by Crippen LogP contribution is 2.28. The molecule has 1 aromatic heterocycles. The Balaban J connectivity index is 2.65. The molecule has 0 amide bonds. The molecule has 0 unspecified atom stereocenters. The standard InChI is InChI=1S/C14H15N3O2/c1-8-4-10(3)12(5-9(8)2)13-6-11(17(18)19)7-14(15)16-13/h4-7H,1-3H3,(H2,15,16). The van der Waals surface area contributed by atoms with Gasteiger partial charge in [0, 0.05) is 11.6 Å². The smallest absolute Gasteiger partial charge is 0.275 e. The number of hydrogen-bond donors (Lipinski definition) is 1. The predicted molar refractivity (Wildman–Crippen MR) is 75.0 cm³/mol. The molecule has 0 bridgehead atoms. The summed E-state index contributed by atoms with van der Waals surface area (Å²) in [6, 6.07) is 6.74. The Morgan fingerprint density at radius 1 is 1.05 bits per heavy atom. The molecule has 1 heterocycles. The third-order valence-corrected chi connectivity index (χ3v) is 3.16. The Bertz CT molecular complexity index is 666. The zero-order valence-electron chi connectivity index (χ0n) is 11.1. The molecular formula is C14H15N3O2. The SMILES string of the molecule is Cc1cc(C)c(-c2cc([N+](=O)[O-])cc(N)n2)cc1C. The number of nitrogens with zero attached hydrogens (tertiary/aromatic N) is 2. The fourth-order valence-corrected chi connectivity index (χ4v) is 2.02. The summed E-state index contributed by atoms with van der Waals surface area (Å²) in [5, 5.41) is 10.9. The Kier molecular flexibility index (Phi) is 3.21. The first-order valence-corrected chi connectivity index (χ1v) is 5.88. The Labute approximate surface area is 111 Å². The van der Waals surface area contributed by atoms with E-state index in [1.54, 1.807) is 0 Å². The minimum atomic E-state index is -0.460. The summed E-state index contributed by atoms with van der Waals surface area (Å²) >= 11 is 0. The highest BCUT2D eigenvalue weighted by Gasteiger charge is 2.13. The van der Waals surface area contributed by atoms with E-state index in [1.165, 1.54) is 17.7 Å². The number of rotatable bonds is 2. The lowest BCUT2D eigenvalue weighted by molar-refractivity contribution is -0.384. The molecule has 0 aliphatic heterocycles. The zero-order valence-corrected chi connectivity index (χ0v) is 11.1. The second-order valence-corrected chi connectivity index (χ2v) is 4.64. The number of aryl methyl sites for hydroxylation is 3. The summed E-state index contributed by atoms with van der Waals surface area (Å²) in [6.07, 6.45) is 0. The van der Waals surface area contributed by atoms with Crippen LogP contribution in [0.15, 0.2) is 24.3 Å². The molecule has 2 N–H and O–H groups in total. The average molecular weight is 257 g/mol. The van der Waals surface area contributed by atoms with Crippen molar-refractivity contribution in [1.82, 2.24) is 4.98 Å². The number of anilines is 1. The Morgan fingerprint density at radius 3 is 2.32 bits per heavy atom. The molecule has 0 atom stereocenters. The van der Waals surface area contributed by atoms with Gasteiger partial charge in [0.1, 0.15) is 5.82 Å². The Morgan fingerprint density at radius 2 is 1.68 bits per heavy atom. The summed E-state index contributed by atoms with van der Waals surface area (Å²) in [4.78, 5) is 14.6. The summed E-state index contributed by atoms with van der Waals surface area (Å²) < 4.78 is 0. The number of nitrogens with two attached hydrogens (primary N) is 1. The molecule has 1 aromatic carbocycles. The largest absolute Gasteiger partial charge is 0.383 e. The lowest BCUT2D eigenvalue weighted by atomic mass is 9.98. The van der Waals surface area contributed by atoms with Crippen molar-refractivity contribution in [3.05, 3.63) is 51.1 Å². The number of nitrogen functional groups attached to an aromatic ring is 1. The highest BCUT2D eigenvalue weighted by atomic mass is 16.6. The van der Waals surface area contributed by atoms with E-state index >= 15 is 0 Å². The molecule has 0 fully saturated rings.